The summed E-state index contributed by atoms with van der Waals surface area (Å²) >= 11 is 1.60. The molecule has 1 amide bonds. The third kappa shape index (κ3) is 3.24. The second kappa shape index (κ2) is 6.40. The van der Waals surface area contributed by atoms with Gasteiger partial charge < -0.3 is 16.4 Å². The fourth-order valence-electron chi connectivity index (χ4n) is 2.43. The molecule has 0 aliphatic carbocycles. The number of aromatic nitrogens is 3. The lowest BCUT2D eigenvalue weighted by Gasteiger charge is -2.19. The topological polar surface area (TPSA) is 106 Å². The molecule has 0 unspecified atom stereocenters. The fraction of sp³-hybridized carbons (Fsp3) is 0.0588. The molecule has 0 fully saturated rings. The summed E-state index contributed by atoms with van der Waals surface area (Å²) in [5.74, 6) is 0.968. The van der Waals surface area contributed by atoms with Gasteiger partial charge in [-0.25, -0.2) is 15.0 Å². The Labute approximate surface area is 148 Å². The molecular weight excluding hydrogens is 336 g/mol. The molecule has 4 N–H and O–H groups in total. The van der Waals surface area contributed by atoms with E-state index in [4.69, 9.17) is 5.73 Å². The van der Waals surface area contributed by atoms with Gasteiger partial charge in [-0.15, -0.1) is 0 Å². The molecule has 4 rings (SSSR count). The van der Waals surface area contributed by atoms with E-state index in [2.05, 4.69) is 43.8 Å². The minimum Gasteiger partial charge on any atom is -0.366 e. The van der Waals surface area contributed by atoms with Crippen LogP contribution in [0.2, 0.25) is 0 Å². The average molecular weight is 350 g/mol. The molecule has 0 saturated heterocycles. The third-order valence-corrected chi connectivity index (χ3v) is 4.76. The summed E-state index contributed by atoms with van der Waals surface area (Å²) in [7, 11) is 0. The first-order chi connectivity index (χ1) is 12.2. The van der Waals surface area contributed by atoms with Crippen LogP contribution >= 0.6 is 11.8 Å². The van der Waals surface area contributed by atoms with Crippen molar-refractivity contribution in [1.82, 2.24) is 15.0 Å². The molecule has 1 aliphatic heterocycles. The van der Waals surface area contributed by atoms with Crippen molar-refractivity contribution >= 4 is 35.0 Å². The third-order valence-electron chi connectivity index (χ3n) is 3.69. The number of hydrogen-bond donors (Lipinski definition) is 3. The maximum absolute atomic E-state index is 11.1. The summed E-state index contributed by atoms with van der Waals surface area (Å²) < 4.78 is 0. The molecule has 3 aromatic rings. The molecule has 0 radical (unpaired) electrons. The van der Waals surface area contributed by atoms with Crippen molar-refractivity contribution in [3.05, 3.63) is 60.0 Å². The number of carbonyl (C=O) groups excluding carboxylic acids is 1. The molecule has 0 atom stereocenters. The van der Waals surface area contributed by atoms with Gasteiger partial charge in [0.2, 0.25) is 5.91 Å². The summed E-state index contributed by atoms with van der Waals surface area (Å²) in [6.45, 7) is 0.607. The lowest BCUT2D eigenvalue weighted by molar-refractivity contribution is 0.1000. The van der Waals surface area contributed by atoms with Crippen LogP contribution < -0.4 is 16.4 Å². The highest BCUT2D eigenvalue weighted by molar-refractivity contribution is 7.99. The number of amides is 1. The van der Waals surface area contributed by atoms with Gasteiger partial charge in [-0.05, 0) is 29.8 Å². The van der Waals surface area contributed by atoms with Crippen LogP contribution in [-0.4, -0.2) is 20.9 Å². The van der Waals surface area contributed by atoms with Gasteiger partial charge in [0.15, 0.2) is 5.82 Å². The standard InChI is InChI=1S/C17H14N6OS/c18-15(24)11-2-4-14(22-9-11)21-8-10-1-3-13-12(7-10)23-16-17(25-13)20-6-5-19-16/h1-7,9H,8H2,(H2,18,24)(H,19,23)(H,21,22). The Morgan fingerprint density at radius 3 is 2.84 bits per heavy atom. The van der Waals surface area contributed by atoms with Crippen molar-refractivity contribution in [2.45, 2.75) is 16.5 Å². The normalized spacial score (nSPS) is 11.8. The highest BCUT2D eigenvalue weighted by Crippen LogP contribution is 2.41. The molecular formula is C17H14N6OS. The zero-order valence-corrected chi connectivity index (χ0v) is 13.9. The predicted molar refractivity (Wildman–Crippen MR) is 96.0 cm³/mol. The van der Waals surface area contributed by atoms with Crippen molar-refractivity contribution in [3.63, 3.8) is 0 Å². The molecule has 1 aliphatic rings. The number of fused-ring (bicyclic) bond motifs is 2. The monoisotopic (exact) mass is 350 g/mol. The summed E-state index contributed by atoms with van der Waals surface area (Å²) in [6, 6.07) is 9.58. The van der Waals surface area contributed by atoms with E-state index in [9.17, 15) is 4.79 Å². The van der Waals surface area contributed by atoms with E-state index in [1.165, 1.54) is 6.20 Å². The maximum Gasteiger partial charge on any atom is 0.250 e. The van der Waals surface area contributed by atoms with Crippen molar-refractivity contribution in [2.75, 3.05) is 10.6 Å². The predicted octanol–water partition coefficient (Wildman–Crippen LogP) is 2.79. The Bertz CT molecular complexity index is 944. The SMILES string of the molecule is NC(=O)c1ccc(NCc2ccc3c(c2)Nc2nccnc2S3)nc1. The number of nitrogens with two attached hydrogens (primary N) is 1. The number of anilines is 3. The molecule has 3 heterocycles. The van der Waals surface area contributed by atoms with Crippen LogP contribution in [0.15, 0.2) is 58.8 Å². The average Bonchev–Trinajstić information content (AvgIpc) is 2.65. The second-order valence-electron chi connectivity index (χ2n) is 5.42. The van der Waals surface area contributed by atoms with Crippen LogP contribution in [0.25, 0.3) is 0 Å². The Kier molecular flexibility index (Phi) is 3.95. The van der Waals surface area contributed by atoms with Gasteiger partial charge >= 0.3 is 0 Å². The maximum atomic E-state index is 11.1. The molecule has 0 saturated carbocycles. The first kappa shape index (κ1) is 15.4. The molecule has 0 spiro atoms. The number of rotatable bonds is 4. The van der Waals surface area contributed by atoms with Crippen LogP contribution in [0.3, 0.4) is 0 Å². The van der Waals surface area contributed by atoms with E-state index < -0.39 is 5.91 Å². The second-order valence-corrected chi connectivity index (χ2v) is 6.45. The van der Waals surface area contributed by atoms with Crippen molar-refractivity contribution in [1.29, 1.82) is 0 Å². The molecule has 2 aromatic heterocycles. The smallest absolute Gasteiger partial charge is 0.250 e. The summed E-state index contributed by atoms with van der Waals surface area (Å²) in [5, 5.41) is 7.41. The van der Waals surface area contributed by atoms with Gasteiger partial charge in [-0.1, -0.05) is 17.8 Å². The summed E-state index contributed by atoms with van der Waals surface area (Å²) in [6.07, 6.45) is 4.82. The van der Waals surface area contributed by atoms with Gasteiger partial charge in [0.25, 0.3) is 0 Å². The highest BCUT2D eigenvalue weighted by atomic mass is 32.2. The molecule has 7 nitrogen and oxygen atoms in total. The van der Waals surface area contributed by atoms with Crippen LogP contribution in [0.4, 0.5) is 17.3 Å². The van der Waals surface area contributed by atoms with E-state index in [1.54, 1.807) is 36.3 Å². The molecule has 124 valence electrons. The number of hydrogen-bond acceptors (Lipinski definition) is 7. The fourth-order valence-corrected chi connectivity index (χ4v) is 3.31. The van der Waals surface area contributed by atoms with Gasteiger partial charge in [0, 0.05) is 30.0 Å². The van der Waals surface area contributed by atoms with Crippen LogP contribution in [0.5, 0.6) is 0 Å². The highest BCUT2D eigenvalue weighted by Gasteiger charge is 2.17. The zero-order chi connectivity index (χ0) is 17.2. The summed E-state index contributed by atoms with van der Waals surface area (Å²) in [4.78, 5) is 25.0. The lowest BCUT2D eigenvalue weighted by Crippen LogP contribution is -2.11. The van der Waals surface area contributed by atoms with E-state index >= 15 is 0 Å². The Hall–Kier alpha value is -3.13. The van der Waals surface area contributed by atoms with Gasteiger partial charge in [0.1, 0.15) is 10.8 Å². The largest absolute Gasteiger partial charge is 0.366 e. The number of benzene rings is 1. The minimum atomic E-state index is -0.485. The molecule has 0 bridgehead atoms. The van der Waals surface area contributed by atoms with E-state index in [0.29, 0.717) is 17.9 Å². The van der Waals surface area contributed by atoms with Crippen LogP contribution in [-0.2, 0) is 6.54 Å². The van der Waals surface area contributed by atoms with E-state index in [-0.39, 0.29) is 0 Å². The Morgan fingerprint density at radius 1 is 1.16 bits per heavy atom. The molecule has 1 aromatic carbocycles. The zero-order valence-electron chi connectivity index (χ0n) is 13.1. The van der Waals surface area contributed by atoms with E-state index in [1.807, 2.05) is 0 Å². The van der Waals surface area contributed by atoms with Crippen molar-refractivity contribution in [3.8, 4) is 0 Å². The first-order valence-electron chi connectivity index (χ1n) is 7.57. The number of primary amides is 1. The van der Waals surface area contributed by atoms with Crippen LogP contribution in [0, 0.1) is 0 Å². The summed E-state index contributed by atoms with van der Waals surface area (Å²) in [5.41, 5.74) is 7.70. The molecule has 25 heavy (non-hydrogen) atoms. The number of nitrogens with zero attached hydrogens (tertiary/aromatic N) is 3. The van der Waals surface area contributed by atoms with Gasteiger partial charge in [0.05, 0.1) is 11.3 Å². The quantitative estimate of drug-likeness (QED) is 0.519. The van der Waals surface area contributed by atoms with Gasteiger partial charge in [-0.2, -0.15) is 0 Å². The van der Waals surface area contributed by atoms with Gasteiger partial charge in [-0.3, -0.25) is 4.79 Å². The number of nitrogens with one attached hydrogen (secondary N) is 2. The van der Waals surface area contributed by atoms with Crippen molar-refractivity contribution < 1.29 is 4.79 Å². The first-order valence-corrected chi connectivity index (χ1v) is 8.39. The Morgan fingerprint density at radius 2 is 2.04 bits per heavy atom. The molecule has 8 heteroatoms. The Balaban J connectivity index is 1.47. The lowest BCUT2D eigenvalue weighted by atomic mass is 10.2. The number of carbonyl (C=O) groups is 1. The number of pyridine rings is 1. The van der Waals surface area contributed by atoms with E-state index in [0.717, 1.165) is 27.0 Å². The van der Waals surface area contributed by atoms with Crippen molar-refractivity contribution in [2.24, 2.45) is 5.73 Å². The van der Waals surface area contributed by atoms with Crippen LogP contribution in [0.1, 0.15) is 15.9 Å². The minimum absolute atomic E-state index is 0.389.